The van der Waals surface area contributed by atoms with Gasteiger partial charge >= 0.3 is 0 Å². The Bertz CT molecular complexity index is 760. The Morgan fingerprint density at radius 3 is 2.58 bits per heavy atom. The van der Waals surface area contributed by atoms with Crippen molar-refractivity contribution in [3.05, 3.63) is 23.3 Å². The number of carbonyl (C=O) groups is 3. The Labute approximate surface area is 138 Å². The highest BCUT2D eigenvalue weighted by Crippen LogP contribution is 2.39. The van der Waals surface area contributed by atoms with Crippen LogP contribution in [0.1, 0.15) is 28.8 Å². The van der Waals surface area contributed by atoms with E-state index in [0.29, 0.717) is 43.2 Å². The smallest absolute Gasteiger partial charge is 0.254 e. The Hall–Kier alpha value is -2.57. The van der Waals surface area contributed by atoms with Crippen LogP contribution in [0.4, 0.5) is 0 Å². The molecule has 126 valence electrons. The van der Waals surface area contributed by atoms with Crippen molar-refractivity contribution in [2.24, 2.45) is 5.41 Å². The Balaban J connectivity index is 1.59. The van der Waals surface area contributed by atoms with Gasteiger partial charge in [-0.05, 0) is 31.0 Å². The fourth-order valence-electron chi connectivity index (χ4n) is 3.66. The summed E-state index contributed by atoms with van der Waals surface area (Å²) in [6, 6.07) is 3.51. The molecule has 0 aromatic heterocycles. The van der Waals surface area contributed by atoms with Crippen LogP contribution in [0.25, 0.3) is 0 Å². The third-order valence-corrected chi connectivity index (χ3v) is 4.99. The highest BCUT2D eigenvalue weighted by Gasteiger charge is 2.51. The minimum absolute atomic E-state index is 0.145. The monoisotopic (exact) mass is 330 g/mol. The van der Waals surface area contributed by atoms with Crippen molar-refractivity contribution >= 4 is 17.7 Å². The molecule has 3 amide bonds. The molecular weight excluding hydrogens is 312 g/mol. The topological polar surface area (TPSA) is 84.9 Å². The summed E-state index contributed by atoms with van der Waals surface area (Å²) in [6.45, 7) is 3.55. The van der Waals surface area contributed by atoms with Crippen LogP contribution in [-0.4, -0.2) is 48.9 Å². The van der Waals surface area contributed by atoms with E-state index in [0.717, 1.165) is 5.56 Å². The zero-order chi connectivity index (χ0) is 16.9. The number of rotatable bonds is 1. The van der Waals surface area contributed by atoms with Crippen molar-refractivity contribution in [1.29, 1.82) is 0 Å². The summed E-state index contributed by atoms with van der Waals surface area (Å²) >= 11 is 0. The maximum atomic E-state index is 12.9. The lowest BCUT2D eigenvalue weighted by atomic mass is 9.85. The number of fused-ring (bicyclic) bond motifs is 1. The number of aryl methyl sites for hydroxylation is 1. The van der Waals surface area contributed by atoms with E-state index in [1.807, 2.05) is 6.92 Å². The van der Waals surface area contributed by atoms with Crippen LogP contribution in [0, 0.1) is 12.3 Å². The van der Waals surface area contributed by atoms with Crippen molar-refractivity contribution in [1.82, 2.24) is 10.2 Å². The van der Waals surface area contributed by atoms with E-state index in [4.69, 9.17) is 9.47 Å². The summed E-state index contributed by atoms with van der Waals surface area (Å²) in [4.78, 5) is 38.1. The zero-order valence-electron chi connectivity index (χ0n) is 13.4. The summed E-state index contributed by atoms with van der Waals surface area (Å²) in [5, 5.41) is 2.35. The largest absolute Gasteiger partial charge is 0.486 e. The molecule has 2 fully saturated rings. The van der Waals surface area contributed by atoms with Gasteiger partial charge in [-0.1, -0.05) is 0 Å². The lowest BCUT2D eigenvalue weighted by Gasteiger charge is -2.23. The second-order valence-corrected chi connectivity index (χ2v) is 6.62. The van der Waals surface area contributed by atoms with Crippen molar-refractivity contribution in [2.75, 3.05) is 26.3 Å². The molecular formula is C17H18N2O5. The standard InChI is InChI=1S/C17H18N2O5/c1-10-6-12-13(24-5-4-23-12)7-11(10)15(21)19-3-2-17(9-19)8-14(20)18-16(17)22/h6-7H,2-5,8-9H2,1H3,(H,18,20,22)/t17-/m0/s1. The molecule has 7 heteroatoms. The first-order chi connectivity index (χ1) is 11.5. The quantitative estimate of drug-likeness (QED) is 0.764. The number of hydrogen-bond acceptors (Lipinski definition) is 5. The van der Waals surface area contributed by atoms with Crippen LogP contribution in [-0.2, 0) is 9.59 Å². The number of carbonyl (C=O) groups excluding carboxylic acids is 3. The first-order valence-electron chi connectivity index (χ1n) is 8.02. The maximum absolute atomic E-state index is 12.9. The molecule has 1 aromatic rings. The Morgan fingerprint density at radius 2 is 1.92 bits per heavy atom. The molecule has 3 heterocycles. The van der Waals surface area contributed by atoms with E-state index in [-0.39, 0.29) is 30.7 Å². The summed E-state index contributed by atoms with van der Waals surface area (Å²) in [6.07, 6.45) is 0.676. The fraction of sp³-hybridized carbons (Fsp3) is 0.471. The van der Waals surface area contributed by atoms with Gasteiger partial charge in [0.15, 0.2) is 11.5 Å². The molecule has 0 unspecified atom stereocenters. The number of hydrogen-bond donors (Lipinski definition) is 1. The Morgan fingerprint density at radius 1 is 1.21 bits per heavy atom. The molecule has 1 spiro atoms. The predicted molar refractivity (Wildman–Crippen MR) is 82.9 cm³/mol. The molecule has 4 rings (SSSR count). The Kier molecular flexibility index (Phi) is 3.26. The highest BCUT2D eigenvalue weighted by molar-refractivity contribution is 6.07. The molecule has 3 aliphatic rings. The number of nitrogens with zero attached hydrogens (tertiary/aromatic N) is 1. The zero-order valence-corrected chi connectivity index (χ0v) is 13.4. The van der Waals surface area contributed by atoms with Crippen LogP contribution >= 0.6 is 0 Å². The molecule has 0 bridgehead atoms. The predicted octanol–water partition coefficient (Wildman–Crippen LogP) is 0.645. The van der Waals surface area contributed by atoms with Gasteiger partial charge < -0.3 is 14.4 Å². The lowest BCUT2D eigenvalue weighted by molar-refractivity contribution is -0.128. The minimum atomic E-state index is -0.755. The second kappa shape index (κ2) is 5.22. The van der Waals surface area contributed by atoms with Gasteiger partial charge in [0.1, 0.15) is 13.2 Å². The normalized spacial score (nSPS) is 25.3. The van der Waals surface area contributed by atoms with Gasteiger partial charge in [0.25, 0.3) is 5.91 Å². The van der Waals surface area contributed by atoms with Gasteiger partial charge in [-0.2, -0.15) is 0 Å². The maximum Gasteiger partial charge on any atom is 0.254 e. The van der Waals surface area contributed by atoms with Gasteiger partial charge in [0.2, 0.25) is 11.8 Å². The number of benzene rings is 1. The minimum Gasteiger partial charge on any atom is -0.486 e. The number of nitrogens with one attached hydrogen (secondary N) is 1. The number of imide groups is 1. The summed E-state index contributed by atoms with van der Waals surface area (Å²) in [7, 11) is 0. The summed E-state index contributed by atoms with van der Waals surface area (Å²) in [5.74, 6) is 0.548. The van der Waals surface area contributed by atoms with Crippen LogP contribution in [0.15, 0.2) is 12.1 Å². The van der Waals surface area contributed by atoms with Crippen molar-refractivity contribution in [2.45, 2.75) is 19.8 Å². The van der Waals surface area contributed by atoms with Gasteiger partial charge in [-0.25, -0.2) is 0 Å². The van der Waals surface area contributed by atoms with Gasteiger partial charge in [0.05, 0.1) is 5.41 Å². The van der Waals surface area contributed by atoms with Crippen molar-refractivity contribution in [3.63, 3.8) is 0 Å². The molecule has 0 radical (unpaired) electrons. The van der Waals surface area contributed by atoms with E-state index < -0.39 is 5.41 Å². The van der Waals surface area contributed by atoms with Crippen LogP contribution in [0.2, 0.25) is 0 Å². The van der Waals surface area contributed by atoms with E-state index >= 15 is 0 Å². The van der Waals surface area contributed by atoms with Gasteiger partial charge in [-0.3, -0.25) is 19.7 Å². The van der Waals surface area contributed by atoms with Gasteiger partial charge in [0, 0.05) is 25.1 Å². The lowest BCUT2D eigenvalue weighted by Crippen LogP contribution is -2.37. The van der Waals surface area contributed by atoms with Gasteiger partial charge in [-0.15, -0.1) is 0 Å². The van der Waals surface area contributed by atoms with Crippen LogP contribution in [0.5, 0.6) is 11.5 Å². The van der Waals surface area contributed by atoms with E-state index in [1.165, 1.54) is 0 Å². The van der Waals surface area contributed by atoms with E-state index in [1.54, 1.807) is 17.0 Å². The third kappa shape index (κ3) is 2.23. The van der Waals surface area contributed by atoms with E-state index in [9.17, 15) is 14.4 Å². The first kappa shape index (κ1) is 15.0. The van der Waals surface area contributed by atoms with Crippen LogP contribution < -0.4 is 14.8 Å². The molecule has 24 heavy (non-hydrogen) atoms. The number of likely N-dealkylation sites (tertiary alicyclic amines) is 1. The molecule has 1 atom stereocenters. The van der Waals surface area contributed by atoms with Crippen molar-refractivity contribution in [3.8, 4) is 11.5 Å². The molecule has 2 saturated heterocycles. The molecule has 0 aliphatic carbocycles. The summed E-state index contributed by atoms with van der Waals surface area (Å²) in [5.41, 5.74) is 0.590. The molecule has 7 nitrogen and oxygen atoms in total. The molecule has 1 N–H and O–H groups in total. The van der Waals surface area contributed by atoms with Crippen LogP contribution in [0.3, 0.4) is 0 Å². The second-order valence-electron chi connectivity index (χ2n) is 6.62. The molecule has 0 saturated carbocycles. The molecule has 3 aliphatic heterocycles. The average Bonchev–Trinajstić information content (AvgIpc) is 3.10. The average molecular weight is 330 g/mol. The van der Waals surface area contributed by atoms with Crippen molar-refractivity contribution < 1.29 is 23.9 Å². The molecule has 1 aromatic carbocycles. The third-order valence-electron chi connectivity index (χ3n) is 4.99. The fourth-order valence-corrected chi connectivity index (χ4v) is 3.66. The SMILES string of the molecule is Cc1cc2c(cc1C(=O)N1CC[C@]3(CC(=O)NC3=O)C1)OCCO2. The number of amides is 3. The summed E-state index contributed by atoms with van der Waals surface area (Å²) < 4.78 is 11.1. The van der Waals surface area contributed by atoms with E-state index in [2.05, 4.69) is 5.32 Å². The highest BCUT2D eigenvalue weighted by atomic mass is 16.6. The number of ether oxygens (including phenoxy) is 2. The first-order valence-corrected chi connectivity index (χ1v) is 8.02.